The van der Waals surface area contributed by atoms with Crippen LogP contribution in [0.5, 0.6) is 0 Å². The van der Waals surface area contributed by atoms with Crippen LogP contribution in [0, 0.1) is 11.8 Å². The summed E-state index contributed by atoms with van der Waals surface area (Å²) in [5.74, 6) is 1.68. The van der Waals surface area contributed by atoms with E-state index in [0.29, 0.717) is 5.54 Å². The Morgan fingerprint density at radius 2 is 1.88 bits per heavy atom. The van der Waals surface area contributed by atoms with Gasteiger partial charge in [0.1, 0.15) is 0 Å². The quantitative estimate of drug-likeness (QED) is 0.781. The molecule has 1 aliphatic carbocycles. The normalized spacial score (nSPS) is 42.2. The van der Waals surface area contributed by atoms with Crippen molar-refractivity contribution in [1.82, 2.24) is 4.90 Å². The van der Waals surface area contributed by atoms with Gasteiger partial charge in [-0.25, -0.2) is 0 Å². The van der Waals surface area contributed by atoms with Crippen molar-refractivity contribution in [2.45, 2.75) is 57.9 Å². The van der Waals surface area contributed by atoms with Crippen molar-refractivity contribution < 1.29 is 0 Å². The zero-order valence-corrected chi connectivity index (χ0v) is 11.0. The highest BCUT2D eigenvalue weighted by molar-refractivity contribution is 5.00. The van der Waals surface area contributed by atoms with E-state index in [4.69, 9.17) is 5.73 Å². The van der Waals surface area contributed by atoms with Gasteiger partial charge in [0.15, 0.2) is 0 Å². The fourth-order valence-corrected chi connectivity index (χ4v) is 3.92. The van der Waals surface area contributed by atoms with E-state index in [1.54, 1.807) is 0 Å². The van der Waals surface area contributed by atoms with E-state index >= 15 is 0 Å². The van der Waals surface area contributed by atoms with Crippen LogP contribution in [-0.4, -0.2) is 30.1 Å². The Bertz CT molecular complexity index is 223. The molecule has 94 valence electrons. The molecule has 2 aliphatic rings. The summed E-state index contributed by atoms with van der Waals surface area (Å²) in [6, 6.07) is 0. The number of nitrogens with zero attached hydrogens (tertiary/aromatic N) is 1. The van der Waals surface area contributed by atoms with Gasteiger partial charge in [0, 0.05) is 12.1 Å². The molecule has 0 radical (unpaired) electrons. The molecule has 2 nitrogen and oxygen atoms in total. The molecule has 1 aliphatic heterocycles. The summed E-state index contributed by atoms with van der Waals surface area (Å²) in [6.45, 7) is 8.26. The van der Waals surface area contributed by atoms with Crippen LogP contribution in [0.1, 0.15) is 52.4 Å². The molecule has 0 aromatic carbocycles. The molecular formula is C14H28N2. The summed E-state index contributed by atoms with van der Waals surface area (Å²) in [4.78, 5) is 2.73. The van der Waals surface area contributed by atoms with Gasteiger partial charge in [0.05, 0.1) is 0 Å². The van der Waals surface area contributed by atoms with Gasteiger partial charge < -0.3 is 5.73 Å². The van der Waals surface area contributed by atoms with E-state index in [1.807, 2.05) is 0 Å². The second-order valence-corrected chi connectivity index (χ2v) is 6.14. The molecule has 3 unspecified atom stereocenters. The highest BCUT2D eigenvalue weighted by atomic mass is 15.2. The minimum Gasteiger partial charge on any atom is -0.329 e. The highest BCUT2D eigenvalue weighted by Crippen LogP contribution is 2.41. The molecule has 2 rings (SSSR count). The average molecular weight is 224 g/mol. The Morgan fingerprint density at radius 3 is 2.44 bits per heavy atom. The Kier molecular flexibility index (Phi) is 3.91. The Hall–Kier alpha value is -0.0800. The molecule has 1 saturated carbocycles. The van der Waals surface area contributed by atoms with Gasteiger partial charge in [-0.3, -0.25) is 4.90 Å². The van der Waals surface area contributed by atoms with Crippen LogP contribution in [0.15, 0.2) is 0 Å². The Morgan fingerprint density at radius 1 is 1.19 bits per heavy atom. The van der Waals surface area contributed by atoms with Crippen molar-refractivity contribution in [2.24, 2.45) is 17.6 Å². The highest BCUT2D eigenvalue weighted by Gasteiger charge is 2.43. The number of nitrogens with two attached hydrogens (primary N) is 1. The molecule has 0 amide bonds. The van der Waals surface area contributed by atoms with E-state index in [0.717, 1.165) is 18.4 Å². The third kappa shape index (κ3) is 2.14. The molecule has 0 bridgehead atoms. The number of hydrogen-bond acceptors (Lipinski definition) is 2. The molecule has 2 heteroatoms. The van der Waals surface area contributed by atoms with Crippen LogP contribution in [0.25, 0.3) is 0 Å². The summed E-state index contributed by atoms with van der Waals surface area (Å²) in [7, 11) is 0. The SMILES string of the molecule is CC1CCC(CN)(N2CCCCC2)C(C)C1. The Balaban J connectivity index is 2.10. The molecule has 0 aromatic rings. The molecular weight excluding hydrogens is 196 g/mol. The van der Waals surface area contributed by atoms with Crippen LogP contribution in [0.2, 0.25) is 0 Å². The van der Waals surface area contributed by atoms with E-state index in [1.165, 1.54) is 51.6 Å². The molecule has 1 heterocycles. The van der Waals surface area contributed by atoms with Crippen LogP contribution in [-0.2, 0) is 0 Å². The maximum absolute atomic E-state index is 6.16. The zero-order valence-electron chi connectivity index (χ0n) is 11.0. The first-order chi connectivity index (χ1) is 7.69. The topological polar surface area (TPSA) is 29.3 Å². The van der Waals surface area contributed by atoms with Crippen molar-refractivity contribution in [3.8, 4) is 0 Å². The molecule has 0 spiro atoms. The van der Waals surface area contributed by atoms with Crippen molar-refractivity contribution in [3.05, 3.63) is 0 Å². The van der Waals surface area contributed by atoms with Gasteiger partial charge in [0.2, 0.25) is 0 Å². The third-order valence-electron chi connectivity index (χ3n) is 5.08. The van der Waals surface area contributed by atoms with Crippen molar-refractivity contribution in [1.29, 1.82) is 0 Å². The van der Waals surface area contributed by atoms with E-state index in [9.17, 15) is 0 Å². The number of piperidine rings is 1. The monoisotopic (exact) mass is 224 g/mol. The largest absolute Gasteiger partial charge is 0.329 e. The fraction of sp³-hybridized carbons (Fsp3) is 1.00. The number of hydrogen-bond donors (Lipinski definition) is 1. The average Bonchev–Trinajstić information content (AvgIpc) is 2.31. The molecule has 1 saturated heterocycles. The van der Waals surface area contributed by atoms with Gasteiger partial charge in [-0.1, -0.05) is 20.3 Å². The molecule has 0 aromatic heterocycles. The van der Waals surface area contributed by atoms with Crippen molar-refractivity contribution >= 4 is 0 Å². The lowest BCUT2D eigenvalue weighted by Crippen LogP contribution is -2.61. The molecule has 16 heavy (non-hydrogen) atoms. The number of rotatable bonds is 2. The second-order valence-electron chi connectivity index (χ2n) is 6.14. The van der Waals surface area contributed by atoms with E-state index < -0.39 is 0 Å². The summed E-state index contributed by atoms with van der Waals surface area (Å²) < 4.78 is 0. The first-order valence-corrected chi connectivity index (χ1v) is 7.14. The summed E-state index contributed by atoms with van der Waals surface area (Å²) in [6.07, 6.45) is 8.24. The lowest BCUT2D eigenvalue weighted by Gasteiger charge is -2.52. The van der Waals surface area contributed by atoms with E-state index in [-0.39, 0.29) is 0 Å². The van der Waals surface area contributed by atoms with E-state index in [2.05, 4.69) is 18.7 Å². The molecule has 2 fully saturated rings. The van der Waals surface area contributed by atoms with Crippen molar-refractivity contribution in [2.75, 3.05) is 19.6 Å². The summed E-state index contributed by atoms with van der Waals surface area (Å²) in [5, 5.41) is 0. The summed E-state index contributed by atoms with van der Waals surface area (Å²) >= 11 is 0. The lowest BCUT2D eigenvalue weighted by molar-refractivity contribution is -0.0117. The Labute approximate surface area is 101 Å². The predicted octanol–water partition coefficient (Wildman–Crippen LogP) is 2.63. The van der Waals surface area contributed by atoms with Gasteiger partial charge in [-0.2, -0.15) is 0 Å². The van der Waals surface area contributed by atoms with Crippen LogP contribution >= 0.6 is 0 Å². The lowest BCUT2D eigenvalue weighted by atomic mass is 9.68. The maximum Gasteiger partial charge on any atom is 0.0357 e. The van der Waals surface area contributed by atoms with Crippen LogP contribution in [0.3, 0.4) is 0 Å². The number of likely N-dealkylation sites (tertiary alicyclic amines) is 1. The molecule has 3 atom stereocenters. The van der Waals surface area contributed by atoms with Crippen molar-refractivity contribution in [3.63, 3.8) is 0 Å². The van der Waals surface area contributed by atoms with Gasteiger partial charge in [-0.05, 0) is 57.0 Å². The summed E-state index contributed by atoms with van der Waals surface area (Å²) in [5.41, 5.74) is 6.50. The third-order valence-corrected chi connectivity index (χ3v) is 5.08. The fourth-order valence-electron chi connectivity index (χ4n) is 3.92. The predicted molar refractivity (Wildman–Crippen MR) is 69.4 cm³/mol. The van der Waals surface area contributed by atoms with Gasteiger partial charge in [-0.15, -0.1) is 0 Å². The smallest absolute Gasteiger partial charge is 0.0357 e. The van der Waals surface area contributed by atoms with Crippen LogP contribution < -0.4 is 5.73 Å². The first kappa shape index (κ1) is 12.4. The standard InChI is InChI=1S/C14H28N2/c1-12-6-7-14(11-15,13(2)10-12)16-8-4-3-5-9-16/h12-13H,3-11,15H2,1-2H3. The van der Waals surface area contributed by atoms with Crippen LogP contribution in [0.4, 0.5) is 0 Å². The molecule has 2 N–H and O–H groups in total. The zero-order chi connectivity index (χ0) is 11.6. The van der Waals surface area contributed by atoms with Gasteiger partial charge >= 0.3 is 0 Å². The first-order valence-electron chi connectivity index (χ1n) is 7.14. The minimum atomic E-state index is 0.340. The maximum atomic E-state index is 6.16. The second kappa shape index (κ2) is 5.05. The van der Waals surface area contributed by atoms with Gasteiger partial charge in [0.25, 0.3) is 0 Å². The minimum absolute atomic E-state index is 0.340.